The quantitative estimate of drug-likeness (QED) is 0.564. The van der Waals surface area contributed by atoms with Crippen molar-refractivity contribution in [3.8, 4) is 0 Å². The molecule has 2 fully saturated rings. The summed E-state index contributed by atoms with van der Waals surface area (Å²) in [6.07, 6.45) is 11.0. The van der Waals surface area contributed by atoms with Gasteiger partial charge in [-0.3, -0.25) is 4.99 Å². The number of hydrogen-bond donors (Lipinski definition) is 2. The first-order chi connectivity index (χ1) is 12.7. The molecule has 1 aromatic rings. The summed E-state index contributed by atoms with van der Waals surface area (Å²) in [4.78, 5) is 6.02. The van der Waals surface area contributed by atoms with Gasteiger partial charge in [-0.05, 0) is 43.4 Å². The molecule has 26 heavy (non-hydrogen) atoms. The predicted octanol–water partition coefficient (Wildman–Crippen LogP) is 4.03. The van der Waals surface area contributed by atoms with Gasteiger partial charge in [-0.25, -0.2) is 0 Å². The number of guanidine groups is 1. The third-order valence-electron chi connectivity index (χ3n) is 6.09. The fourth-order valence-electron chi connectivity index (χ4n) is 4.23. The van der Waals surface area contributed by atoms with E-state index in [2.05, 4.69) is 39.4 Å². The van der Waals surface area contributed by atoms with Crippen molar-refractivity contribution in [3.63, 3.8) is 0 Å². The summed E-state index contributed by atoms with van der Waals surface area (Å²) in [5.41, 5.74) is 0.278. The highest BCUT2D eigenvalue weighted by Gasteiger charge is 2.35. The van der Waals surface area contributed by atoms with Crippen LogP contribution < -0.4 is 10.6 Å². The number of thioether (sulfide) groups is 1. The summed E-state index contributed by atoms with van der Waals surface area (Å²) in [7, 11) is 1.88. The minimum atomic E-state index is 0.270. The van der Waals surface area contributed by atoms with Gasteiger partial charge in [0, 0.05) is 48.4 Å². The molecule has 2 heterocycles. The molecule has 2 aliphatic rings. The Labute approximate surface area is 166 Å². The summed E-state index contributed by atoms with van der Waals surface area (Å²) in [6.45, 7) is 3.66. The second-order valence-corrected chi connectivity index (χ2v) is 9.82. The van der Waals surface area contributed by atoms with E-state index in [0.29, 0.717) is 0 Å². The molecule has 0 radical (unpaired) electrons. The minimum Gasteiger partial charge on any atom is -0.381 e. The van der Waals surface area contributed by atoms with Gasteiger partial charge >= 0.3 is 0 Å². The number of nitrogens with one attached hydrogen (secondary N) is 2. The normalized spacial score (nSPS) is 22.8. The highest BCUT2D eigenvalue weighted by atomic mass is 32.2. The Morgan fingerprint density at radius 1 is 1.15 bits per heavy atom. The Balaban J connectivity index is 1.59. The monoisotopic (exact) mass is 395 g/mol. The Hall–Kier alpha value is -0.720. The fourth-order valence-corrected chi connectivity index (χ4v) is 6.01. The maximum Gasteiger partial charge on any atom is 0.191 e. The largest absolute Gasteiger partial charge is 0.381 e. The van der Waals surface area contributed by atoms with E-state index >= 15 is 0 Å². The number of rotatable bonds is 6. The molecule has 6 heteroatoms. The molecule has 3 rings (SSSR count). The zero-order valence-corrected chi connectivity index (χ0v) is 17.8. The molecule has 0 bridgehead atoms. The molecule has 0 unspecified atom stereocenters. The lowest BCUT2D eigenvalue weighted by Crippen LogP contribution is -2.50. The van der Waals surface area contributed by atoms with Crippen LogP contribution in [0.15, 0.2) is 22.5 Å². The minimum absolute atomic E-state index is 0.270. The molecule has 0 atom stereocenters. The maximum atomic E-state index is 5.56. The topological polar surface area (TPSA) is 45.7 Å². The maximum absolute atomic E-state index is 5.56. The molecule has 146 valence electrons. The van der Waals surface area contributed by atoms with E-state index in [1.165, 1.54) is 37.0 Å². The van der Waals surface area contributed by atoms with Crippen molar-refractivity contribution >= 4 is 29.1 Å². The molecule has 1 aliphatic heterocycles. The molecule has 1 saturated heterocycles. The molecule has 2 N–H and O–H groups in total. The number of aliphatic imine (C=N–C) groups is 1. The highest BCUT2D eigenvalue weighted by Crippen LogP contribution is 2.41. The Morgan fingerprint density at radius 2 is 1.88 bits per heavy atom. The summed E-state index contributed by atoms with van der Waals surface area (Å²) in [5.74, 6) is 0.937. The molecular formula is C20H33N3OS2. The third-order valence-corrected chi connectivity index (χ3v) is 8.62. The van der Waals surface area contributed by atoms with Crippen molar-refractivity contribution in [2.24, 2.45) is 4.99 Å². The summed E-state index contributed by atoms with van der Waals surface area (Å²) < 4.78 is 5.83. The predicted molar refractivity (Wildman–Crippen MR) is 115 cm³/mol. The average Bonchev–Trinajstić information content (AvgIpc) is 3.25. The smallest absolute Gasteiger partial charge is 0.191 e. The van der Waals surface area contributed by atoms with Gasteiger partial charge in [0.25, 0.3) is 0 Å². The number of thiophene rings is 1. The van der Waals surface area contributed by atoms with Crippen molar-refractivity contribution in [1.29, 1.82) is 0 Å². The lowest BCUT2D eigenvalue weighted by molar-refractivity contribution is 0.0782. The average molecular weight is 396 g/mol. The fraction of sp³-hybridized carbons (Fsp3) is 0.750. The number of nitrogens with zero attached hydrogens (tertiary/aromatic N) is 1. The Kier molecular flexibility index (Phi) is 7.29. The van der Waals surface area contributed by atoms with Gasteiger partial charge < -0.3 is 15.4 Å². The molecule has 1 aromatic heterocycles. The van der Waals surface area contributed by atoms with E-state index in [1.54, 1.807) is 0 Å². The molecule has 0 spiro atoms. The van der Waals surface area contributed by atoms with Gasteiger partial charge in [0.1, 0.15) is 0 Å². The van der Waals surface area contributed by atoms with Gasteiger partial charge in [0.05, 0.1) is 0 Å². The first-order valence-corrected chi connectivity index (χ1v) is 11.9. The van der Waals surface area contributed by atoms with Crippen LogP contribution >= 0.6 is 23.1 Å². The summed E-state index contributed by atoms with van der Waals surface area (Å²) in [5, 5.41) is 9.47. The van der Waals surface area contributed by atoms with Gasteiger partial charge in [0.2, 0.25) is 0 Å². The molecule has 0 aromatic carbocycles. The van der Waals surface area contributed by atoms with Crippen LogP contribution in [0.25, 0.3) is 0 Å². The second kappa shape index (κ2) is 9.47. The van der Waals surface area contributed by atoms with Crippen LogP contribution in [0, 0.1) is 0 Å². The van der Waals surface area contributed by atoms with Gasteiger partial charge in [-0.15, -0.1) is 11.3 Å². The Morgan fingerprint density at radius 3 is 2.50 bits per heavy atom. The molecule has 4 nitrogen and oxygen atoms in total. The van der Waals surface area contributed by atoms with Crippen molar-refractivity contribution in [2.75, 3.05) is 39.6 Å². The van der Waals surface area contributed by atoms with E-state index in [-0.39, 0.29) is 10.2 Å². The van der Waals surface area contributed by atoms with Crippen molar-refractivity contribution in [3.05, 3.63) is 22.4 Å². The van der Waals surface area contributed by atoms with Crippen LogP contribution in [0.5, 0.6) is 0 Å². The molecular weight excluding hydrogens is 362 g/mol. The lowest BCUT2D eigenvalue weighted by Gasteiger charge is -2.38. The molecule has 1 saturated carbocycles. The first kappa shape index (κ1) is 20.0. The van der Waals surface area contributed by atoms with Crippen LogP contribution in [0.1, 0.15) is 49.8 Å². The Bertz CT molecular complexity index is 562. The van der Waals surface area contributed by atoms with Gasteiger partial charge in [-0.1, -0.05) is 25.3 Å². The van der Waals surface area contributed by atoms with Crippen LogP contribution in [0.2, 0.25) is 0 Å². The number of hydrogen-bond acceptors (Lipinski definition) is 4. The van der Waals surface area contributed by atoms with E-state index in [9.17, 15) is 0 Å². The third kappa shape index (κ3) is 4.76. The molecule has 1 aliphatic carbocycles. The van der Waals surface area contributed by atoms with Crippen molar-refractivity contribution in [1.82, 2.24) is 10.6 Å². The van der Waals surface area contributed by atoms with E-state index in [1.807, 2.05) is 30.1 Å². The van der Waals surface area contributed by atoms with E-state index in [4.69, 9.17) is 4.74 Å². The van der Waals surface area contributed by atoms with Crippen LogP contribution in [-0.2, 0) is 10.2 Å². The van der Waals surface area contributed by atoms with Gasteiger partial charge in [-0.2, -0.15) is 11.8 Å². The number of ether oxygens (including phenoxy) is 1. The molecule has 0 amide bonds. The summed E-state index contributed by atoms with van der Waals surface area (Å²) >= 11 is 3.87. The summed E-state index contributed by atoms with van der Waals surface area (Å²) in [6, 6.07) is 4.51. The van der Waals surface area contributed by atoms with Gasteiger partial charge in [0.15, 0.2) is 5.96 Å². The van der Waals surface area contributed by atoms with Crippen LogP contribution in [0.4, 0.5) is 0 Å². The van der Waals surface area contributed by atoms with E-state index < -0.39 is 0 Å². The van der Waals surface area contributed by atoms with Crippen LogP contribution in [-0.4, -0.2) is 50.3 Å². The zero-order valence-electron chi connectivity index (χ0n) is 16.2. The lowest BCUT2D eigenvalue weighted by atomic mass is 9.73. The standard InChI is InChI=1S/C20H33N3OS2/c1-21-18(23-16-20(25-2)10-12-24-13-11-20)22-15-19(8-4-3-5-9-19)17-7-6-14-26-17/h6-7,14H,3-5,8-13,15-16H2,1-2H3,(H2,21,22,23). The van der Waals surface area contributed by atoms with Crippen LogP contribution in [0.3, 0.4) is 0 Å². The second-order valence-electron chi connectivity index (χ2n) is 7.60. The van der Waals surface area contributed by atoms with Crippen molar-refractivity contribution in [2.45, 2.75) is 55.1 Å². The first-order valence-electron chi connectivity index (χ1n) is 9.83. The van der Waals surface area contributed by atoms with E-state index in [0.717, 1.165) is 45.1 Å². The van der Waals surface area contributed by atoms with Crippen molar-refractivity contribution < 1.29 is 4.74 Å². The SMILES string of the molecule is CN=C(NCC1(SC)CCOCC1)NCC1(c2cccs2)CCCCC1. The highest BCUT2D eigenvalue weighted by molar-refractivity contribution is 8.00. The zero-order chi connectivity index (χ0) is 18.3.